The molecule has 358 valence electrons. The molecule has 0 amide bonds. The van der Waals surface area contributed by atoms with Crippen LogP contribution >= 0.6 is 0 Å². The first kappa shape index (κ1) is 52.7. The molecule has 3 fully saturated rings. The number of aliphatic hydroxyl groups is 2. The summed E-state index contributed by atoms with van der Waals surface area (Å²) in [6, 6.07) is 0. The number of hydrogen-bond acceptors (Lipinski definition) is 8. The van der Waals surface area contributed by atoms with Crippen LogP contribution in [0.2, 0.25) is 0 Å². The molecule has 0 spiro atoms. The predicted octanol–water partition coefficient (Wildman–Crippen LogP) is 11.3. The van der Waals surface area contributed by atoms with Gasteiger partial charge >= 0.3 is 17.9 Å². The number of ether oxygens (including phenoxy) is 3. The summed E-state index contributed by atoms with van der Waals surface area (Å²) in [5, 5.41) is 19.4. The van der Waals surface area contributed by atoms with Crippen molar-refractivity contribution in [2.45, 2.75) is 214 Å². The van der Waals surface area contributed by atoms with Crippen LogP contribution in [0.4, 0.5) is 0 Å². The predicted molar refractivity (Wildman–Crippen MR) is 249 cm³/mol. The summed E-state index contributed by atoms with van der Waals surface area (Å²) in [6.45, 7) is 15.3. The van der Waals surface area contributed by atoms with E-state index in [1.165, 1.54) is 102 Å². The minimum absolute atomic E-state index is 0.0558. The molecular weight excluding hydrogens is 779 g/mol. The zero-order valence-corrected chi connectivity index (χ0v) is 40.9. The maximum Gasteiger partial charge on any atom is 0.306 e. The second kappa shape index (κ2) is 26.2. The summed E-state index contributed by atoms with van der Waals surface area (Å²) in [5.41, 5.74) is 2.12. The van der Waals surface area contributed by atoms with Crippen LogP contribution in [0.5, 0.6) is 0 Å². The van der Waals surface area contributed by atoms with Crippen LogP contribution < -0.4 is 0 Å². The van der Waals surface area contributed by atoms with E-state index < -0.39 is 12.1 Å². The van der Waals surface area contributed by atoms with E-state index in [1.54, 1.807) is 0 Å². The fraction of sp³-hybridized carbons (Fsp3) is 0.906. The van der Waals surface area contributed by atoms with E-state index in [4.69, 9.17) is 14.2 Å². The highest BCUT2D eigenvalue weighted by molar-refractivity contribution is 5.77. The molecule has 0 unspecified atom stereocenters. The Hall–Kier alpha value is -1.97. The van der Waals surface area contributed by atoms with Crippen LogP contribution in [-0.4, -0.2) is 91.3 Å². The van der Waals surface area contributed by atoms with Gasteiger partial charge in [0.05, 0.1) is 33.1 Å². The number of likely N-dealkylation sites (N-methyl/N-ethyl adjacent to an activating group) is 1. The van der Waals surface area contributed by atoms with Gasteiger partial charge in [-0.15, -0.1) is 0 Å². The third kappa shape index (κ3) is 15.6. The second-order valence-corrected chi connectivity index (χ2v) is 21.9. The highest BCUT2D eigenvalue weighted by atomic mass is 16.6. The van der Waals surface area contributed by atoms with Gasteiger partial charge in [0.15, 0.2) is 6.10 Å². The molecule has 0 aromatic rings. The summed E-state index contributed by atoms with van der Waals surface area (Å²) >= 11 is 0. The van der Waals surface area contributed by atoms with Crippen molar-refractivity contribution < 1.29 is 43.3 Å². The minimum Gasteiger partial charge on any atom is -0.462 e. The van der Waals surface area contributed by atoms with Crippen LogP contribution in [0, 0.1) is 46.3 Å². The molecule has 4 aliphatic carbocycles. The highest BCUT2D eigenvalue weighted by Crippen LogP contribution is 2.67. The van der Waals surface area contributed by atoms with E-state index in [1.807, 2.05) is 7.05 Å². The van der Waals surface area contributed by atoms with Crippen molar-refractivity contribution in [1.29, 1.82) is 0 Å². The number of unbranched alkanes of at least 4 members (excludes halogenated alkanes) is 10. The molecule has 0 bridgehead atoms. The van der Waals surface area contributed by atoms with Crippen molar-refractivity contribution in [3.05, 3.63) is 11.6 Å². The van der Waals surface area contributed by atoms with Crippen molar-refractivity contribution in [3.63, 3.8) is 0 Å². The molecule has 0 aromatic carbocycles. The molecule has 0 heterocycles. The SMILES string of the molecule is CCCCCCCCCCCCCC(=O)O[C@H](COC(=O)CCC(=O)O[C@H]1CC[C@@]2(C)C(=CC[C@H]3[C@@H]4CC[C@H]([C@H](C)CCCC(C)C)[C@@]4(C)CC[C@@H]32)C1)C[N+](C)(CCO)CCO. The molecule has 4 rings (SSSR count). The zero-order chi connectivity index (χ0) is 45.2. The number of aliphatic hydroxyl groups excluding tert-OH is 2. The van der Waals surface area contributed by atoms with Crippen LogP contribution in [0.25, 0.3) is 0 Å². The van der Waals surface area contributed by atoms with Crippen molar-refractivity contribution >= 4 is 17.9 Å². The Morgan fingerprint density at radius 3 is 2.05 bits per heavy atom. The van der Waals surface area contributed by atoms with Gasteiger partial charge in [0.1, 0.15) is 32.3 Å². The largest absolute Gasteiger partial charge is 0.462 e. The van der Waals surface area contributed by atoms with E-state index in [0.717, 1.165) is 74.5 Å². The third-order valence-electron chi connectivity index (χ3n) is 16.7. The molecule has 0 saturated heterocycles. The van der Waals surface area contributed by atoms with Crippen LogP contribution in [0.3, 0.4) is 0 Å². The Morgan fingerprint density at radius 2 is 1.40 bits per heavy atom. The summed E-state index contributed by atoms with van der Waals surface area (Å²) in [5.74, 6) is 3.49. The van der Waals surface area contributed by atoms with Crippen LogP contribution in [0.1, 0.15) is 202 Å². The molecule has 0 radical (unpaired) electrons. The number of quaternary nitrogens is 1. The van der Waals surface area contributed by atoms with E-state index in [2.05, 4.69) is 47.6 Å². The topological polar surface area (TPSA) is 119 Å². The Balaban J connectivity index is 1.20. The first-order valence-electron chi connectivity index (χ1n) is 26.0. The minimum atomic E-state index is -0.731. The average Bonchev–Trinajstić information content (AvgIpc) is 3.58. The standard InChI is InChI=1S/C53H94NO8/c1-8-9-10-11-12-13-14-15-16-17-18-22-50(58)62-44(38-54(7,33-35-55)34-36-56)39-60-49(57)27-28-51(59)61-43-29-31-52(5)42(37-43)23-24-45-47-26-25-46(41(4)21-19-20-40(2)3)53(47,6)32-30-48(45)52/h23,40-41,43-48,55-56H,8-22,24-39H2,1-7H3/q+1/t41-,43+,44+,45+,46-,47+,48+,52+,53-/m1/s1. The van der Waals surface area contributed by atoms with Gasteiger partial charge in [-0.3, -0.25) is 14.4 Å². The van der Waals surface area contributed by atoms with Gasteiger partial charge in [-0.2, -0.15) is 0 Å². The smallest absolute Gasteiger partial charge is 0.306 e. The quantitative estimate of drug-likeness (QED) is 0.0241. The number of hydrogen-bond donors (Lipinski definition) is 2. The van der Waals surface area contributed by atoms with Gasteiger partial charge < -0.3 is 28.9 Å². The molecule has 3 saturated carbocycles. The first-order valence-corrected chi connectivity index (χ1v) is 26.0. The molecule has 9 heteroatoms. The van der Waals surface area contributed by atoms with Gasteiger partial charge in [0.2, 0.25) is 0 Å². The average molecular weight is 873 g/mol. The molecule has 2 N–H and O–H groups in total. The molecular formula is C53H94NO8+. The lowest BCUT2D eigenvalue weighted by Gasteiger charge is -2.58. The van der Waals surface area contributed by atoms with Gasteiger partial charge in [-0.05, 0) is 97.7 Å². The number of esters is 3. The summed E-state index contributed by atoms with van der Waals surface area (Å²) < 4.78 is 17.8. The van der Waals surface area contributed by atoms with Gasteiger partial charge in [0, 0.05) is 12.8 Å². The Labute approximate surface area is 378 Å². The molecule has 62 heavy (non-hydrogen) atoms. The summed E-state index contributed by atoms with van der Waals surface area (Å²) in [4.78, 5) is 39.0. The lowest BCUT2D eigenvalue weighted by molar-refractivity contribution is -0.912. The lowest BCUT2D eigenvalue weighted by atomic mass is 9.47. The van der Waals surface area contributed by atoms with Crippen LogP contribution in [-0.2, 0) is 28.6 Å². The second-order valence-electron chi connectivity index (χ2n) is 21.9. The van der Waals surface area contributed by atoms with Gasteiger partial charge in [-0.1, -0.05) is 137 Å². The number of carbonyl (C=O) groups excluding carboxylic acids is 3. The fourth-order valence-corrected chi connectivity index (χ4v) is 13.0. The Morgan fingerprint density at radius 1 is 0.758 bits per heavy atom. The molecule has 0 aliphatic heterocycles. The molecule has 9 nitrogen and oxygen atoms in total. The number of nitrogens with zero attached hydrogens (tertiary/aromatic N) is 1. The Bertz CT molecular complexity index is 1370. The van der Waals surface area contributed by atoms with E-state index in [-0.39, 0.29) is 67.1 Å². The number of carbonyl (C=O) groups is 3. The van der Waals surface area contributed by atoms with E-state index in [0.29, 0.717) is 30.8 Å². The van der Waals surface area contributed by atoms with E-state index >= 15 is 0 Å². The molecule has 4 aliphatic rings. The van der Waals surface area contributed by atoms with Crippen molar-refractivity contribution in [3.8, 4) is 0 Å². The fourth-order valence-electron chi connectivity index (χ4n) is 13.0. The van der Waals surface area contributed by atoms with Crippen molar-refractivity contribution in [1.82, 2.24) is 0 Å². The normalized spacial score (nSPS) is 28.0. The lowest BCUT2D eigenvalue weighted by Crippen LogP contribution is -2.53. The highest BCUT2D eigenvalue weighted by Gasteiger charge is 2.59. The first-order chi connectivity index (χ1) is 29.7. The number of allylic oxidation sites excluding steroid dienone is 1. The van der Waals surface area contributed by atoms with Gasteiger partial charge in [0.25, 0.3) is 0 Å². The summed E-state index contributed by atoms with van der Waals surface area (Å²) in [7, 11) is 1.89. The third-order valence-corrected chi connectivity index (χ3v) is 16.7. The number of fused-ring (bicyclic) bond motifs is 5. The monoisotopic (exact) mass is 873 g/mol. The van der Waals surface area contributed by atoms with Crippen molar-refractivity contribution in [2.75, 3.05) is 46.5 Å². The number of rotatable bonds is 30. The van der Waals surface area contributed by atoms with Crippen molar-refractivity contribution in [2.24, 2.45) is 46.3 Å². The maximum absolute atomic E-state index is 13.1. The summed E-state index contributed by atoms with van der Waals surface area (Å²) in [6.07, 6.45) is 28.3. The van der Waals surface area contributed by atoms with Gasteiger partial charge in [-0.25, -0.2) is 0 Å². The molecule has 9 atom stereocenters. The zero-order valence-electron chi connectivity index (χ0n) is 40.9. The Kier molecular flexibility index (Phi) is 22.3. The molecule has 0 aromatic heterocycles. The maximum atomic E-state index is 13.1. The van der Waals surface area contributed by atoms with Crippen LogP contribution in [0.15, 0.2) is 11.6 Å². The van der Waals surface area contributed by atoms with E-state index in [9.17, 15) is 24.6 Å².